The largest absolute Gasteiger partial charge is 0.494 e. The molecule has 0 radical (unpaired) electrons. The highest BCUT2D eigenvalue weighted by molar-refractivity contribution is 5.88. The third kappa shape index (κ3) is 1.90. The van der Waals surface area contributed by atoms with Crippen LogP contribution >= 0.6 is 0 Å². The summed E-state index contributed by atoms with van der Waals surface area (Å²) >= 11 is 0. The highest BCUT2D eigenvalue weighted by atomic mass is 16.3. The van der Waals surface area contributed by atoms with E-state index in [1.165, 1.54) is 0 Å². The average molecular weight is 245 g/mol. The predicted molar refractivity (Wildman–Crippen MR) is 77.3 cm³/mol. The zero-order chi connectivity index (χ0) is 13.7. The Balaban J connectivity index is 2.94. The molecule has 0 unspecified atom stereocenters. The Bertz CT molecular complexity index is 528. The van der Waals surface area contributed by atoms with Gasteiger partial charge in [-0.3, -0.25) is 0 Å². The molecule has 0 saturated heterocycles. The van der Waals surface area contributed by atoms with Crippen molar-refractivity contribution in [2.75, 3.05) is 0 Å². The quantitative estimate of drug-likeness (QED) is 0.731. The van der Waals surface area contributed by atoms with Gasteiger partial charge >= 0.3 is 0 Å². The summed E-state index contributed by atoms with van der Waals surface area (Å²) in [5.74, 6) is 0.399. The molecule has 0 aliphatic heterocycles. The molecule has 0 atom stereocenters. The summed E-state index contributed by atoms with van der Waals surface area (Å²) in [6.45, 7) is 12.8. The maximum absolute atomic E-state index is 10.6. The minimum absolute atomic E-state index is 0.0693. The molecule has 0 fully saturated rings. The van der Waals surface area contributed by atoms with Crippen LogP contribution in [0.25, 0.3) is 10.9 Å². The summed E-state index contributed by atoms with van der Waals surface area (Å²) in [5, 5.41) is 11.8. The summed E-state index contributed by atoms with van der Waals surface area (Å²) in [7, 11) is 0. The summed E-state index contributed by atoms with van der Waals surface area (Å²) in [5.41, 5.74) is 1.94. The molecule has 0 aliphatic carbocycles. The van der Waals surface area contributed by atoms with Crippen LogP contribution < -0.4 is 0 Å². The Hall–Kier alpha value is -1.44. The van der Waals surface area contributed by atoms with Gasteiger partial charge in [0.1, 0.15) is 0 Å². The summed E-state index contributed by atoms with van der Waals surface area (Å²) in [4.78, 5) is 0. The smallest absolute Gasteiger partial charge is 0.196 e. The lowest BCUT2D eigenvalue weighted by Gasteiger charge is -2.25. The molecule has 2 nitrogen and oxygen atoms in total. The Labute approximate surface area is 109 Å². The molecule has 98 valence electrons. The van der Waals surface area contributed by atoms with Gasteiger partial charge in [-0.2, -0.15) is 0 Å². The second-order valence-electron chi connectivity index (χ2n) is 6.97. The number of hydrogen-bond acceptors (Lipinski definition) is 1. The van der Waals surface area contributed by atoms with Crippen molar-refractivity contribution >= 4 is 10.9 Å². The number of benzene rings is 1. The third-order valence-electron chi connectivity index (χ3n) is 3.27. The highest BCUT2D eigenvalue weighted by Crippen LogP contribution is 2.42. The van der Waals surface area contributed by atoms with Crippen LogP contribution in [0.1, 0.15) is 47.1 Å². The van der Waals surface area contributed by atoms with E-state index in [2.05, 4.69) is 53.7 Å². The fourth-order valence-corrected chi connectivity index (χ4v) is 2.64. The second-order valence-corrected chi connectivity index (χ2v) is 6.97. The lowest BCUT2D eigenvalue weighted by Crippen LogP contribution is -2.21. The van der Waals surface area contributed by atoms with Crippen LogP contribution in [0.3, 0.4) is 0 Å². The van der Waals surface area contributed by atoms with E-state index < -0.39 is 0 Å². The first kappa shape index (κ1) is 13.0. The molecule has 0 amide bonds. The first-order valence-electron chi connectivity index (χ1n) is 6.47. The van der Waals surface area contributed by atoms with Crippen molar-refractivity contribution in [3.05, 3.63) is 29.8 Å². The van der Waals surface area contributed by atoms with E-state index in [0.29, 0.717) is 5.88 Å². The van der Waals surface area contributed by atoms with Gasteiger partial charge in [-0.1, -0.05) is 39.0 Å². The first-order valence-corrected chi connectivity index (χ1v) is 6.47. The van der Waals surface area contributed by atoms with Gasteiger partial charge in [0.2, 0.25) is 0 Å². The van der Waals surface area contributed by atoms with Crippen molar-refractivity contribution < 1.29 is 5.11 Å². The number of fused-ring (bicyclic) bond motifs is 1. The SMILES string of the molecule is CC(C)(C)c1c(O)n(C(C)(C)C)c2ccccc12. The van der Waals surface area contributed by atoms with Gasteiger partial charge in [0.15, 0.2) is 5.88 Å². The molecule has 0 spiro atoms. The Morgan fingerprint density at radius 3 is 2.00 bits per heavy atom. The molecule has 0 bridgehead atoms. The molecule has 2 rings (SSSR count). The summed E-state index contributed by atoms with van der Waals surface area (Å²) in [6.07, 6.45) is 0. The van der Waals surface area contributed by atoms with E-state index in [1.54, 1.807) is 0 Å². The molecule has 2 aromatic rings. The fraction of sp³-hybridized carbons (Fsp3) is 0.500. The van der Waals surface area contributed by atoms with E-state index in [4.69, 9.17) is 0 Å². The minimum Gasteiger partial charge on any atom is -0.494 e. The van der Waals surface area contributed by atoms with E-state index in [0.717, 1.165) is 16.5 Å². The normalized spacial score (nSPS) is 13.2. The van der Waals surface area contributed by atoms with Crippen LogP contribution in [0.15, 0.2) is 24.3 Å². The average Bonchev–Trinajstić information content (AvgIpc) is 2.47. The van der Waals surface area contributed by atoms with Gasteiger partial charge in [-0.15, -0.1) is 0 Å². The zero-order valence-corrected chi connectivity index (χ0v) is 12.2. The maximum Gasteiger partial charge on any atom is 0.196 e. The molecule has 0 saturated carbocycles. The maximum atomic E-state index is 10.6. The Kier molecular flexibility index (Phi) is 2.73. The number of nitrogens with zero attached hydrogens (tertiary/aromatic N) is 1. The van der Waals surface area contributed by atoms with E-state index in [1.807, 2.05) is 16.7 Å². The molecule has 1 N–H and O–H groups in total. The lowest BCUT2D eigenvalue weighted by atomic mass is 9.86. The number of rotatable bonds is 0. The predicted octanol–water partition coefficient (Wildman–Crippen LogP) is 4.40. The number of aromatic hydroxyl groups is 1. The first-order chi connectivity index (χ1) is 8.14. The third-order valence-corrected chi connectivity index (χ3v) is 3.27. The highest BCUT2D eigenvalue weighted by Gasteiger charge is 2.29. The Morgan fingerprint density at radius 2 is 1.50 bits per heavy atom. The fourth-order valence-electron chi connectivity index (χ4n) is 2.64. The van der Waals surface area contributed by atoms with E-state index in [-0.39, 0.29) is 11.0 Å². The van der Waals surface area contributed by atoms with Crippen molar-refractivity contribution in [3.8, 4) is 5.88 Å². The number of para-hydroxylation sites is 1. The van der Waals surface area contributed by atoms with Crippen LogP contribution in [0, 0.1) is 0 Å². The molecule has 18 heavy (non-hydrogen) atoms. The number of aromatic nitrogens is 1. The topological polar surface area (TPSA) is 25.2 Å². The van der Waals surface area contributed by atoms with Gasteiger partial charge in [0, 0.05) is 16.5 Å². The van der Waals surface area contributed by atoms with Crippen LogP contribution in [0.4, 0.5) is 0 Å². The van der Waals surface area contributed by atoms with Gasteiger partial charge in [-0.05, 0) is 32.3 Å². The van der Waals surface area contributed by atoms with Crippen molar-refractivity contribution in [2.24, 2.45) is 0 Å². The molecule has 1 aromatic heterocycles. The van der Waals surface area contributed by atoms with Gasteiger partial charge < -0.3 is 9.67 Å². The van der Waals surface area contributed by atoms with Gasteiger partial charge in [0.05, 0.1) is 5.52 Å². The molecule has 0 aliphatic rings. The van der Waals surface area contributed by atoms with Crippen molar-refractivity contribution in [1.82, 2.24) is 4.57 Å². The van der Waals surface area contributed by atoms with Crippen molar-refractivity contribution in [1.29, 1.82) is 0 Å². The lowest BCUT2D eigenvalue weighted by molar-refractivity contribution is 0.326. The van der Waals surface area contributed by atoms with E-state index in [9.17, 15) is 5.11 Å². The standard InChI is InChI=1S/C16H23NO/c1-15(2,3)13-11-9-7-8-10-12(11)17(14(13)18)16(4,5)6/h7-10,18H,1-6H3. The van der Waals surface area contributed by atoms with Crippen LogP contribution in [0.5, 0.6) is 5.88 Å². The van der Waals surface area contributed by atoms with Crippen LogP contribution in [-0.2, 0) is 11.0 Å². The second kappa shape index (κ2) is 3.78. The summed E-state index contributed by atoms with van der Waals surface area (Å²) in [6, 6.07) is 8.23. The molecule has 1 aromatic carbocycles. The van der Waals surface area contributed by atoms with Crippen LogP contribution in [0.2, 0.25) is 0 Å². The Morgan fingerprint density at radius 1 is 0.944 bits per heavy atom. The van der Waals surface area contributed by atoms with Crippen LogP contribution in [-0.4, -0.2) is 9.67 Å². The summed E-state index contributed by atoms with van der Waals surface area (Å²) < 4.78 is 2.03. The van der Waals surface area contributed by atoms with Crippen molar-refractivity contribution in [3.63, 3.8) is 0 Å². The molecular formula is C16H23NO. The molecular weight excluding hydrogens is 222 g/mol. The molecule has 1 heterocycles. The monoisotopic (exact) mass is 245 g/mol. The minimum atomic E-state index is -0.132. The number of hydrogen-bond donors (Lipinski definition) is 1. The molecule has 2 heteroatoms. The van der Waals surface area contributed by atoms with Gasteiger partial charge in [-0.25, -0.2) is 0 Å². The van der Waals surface area contributed by atoms with Gasteiger partial charge in [0.25, 0.3) is 0 Å². The van der Waals surface area contributed by atoms with E-state index >= 15 is 0 Å². The van der Waals surface area contributed by atoms with Crippen molar-refractivity contribution in [2.45, 2.75) is 52.5 Å². The zero-order valence-electron chi connectivity index (χ0n) is 12.2.